The molecule has 106 valence electrons. The second-order valence-electron chi connectivity index (χ2n) is 3.71. The summed E-state index contributed by atoms with van der Waals surface area (Å²) < 4.78 is 29.5. The number of benzene rings is 2. The van der Waals surface area contributed by atoms with Crippen LogP contribution in [-0.2, 0) is 0 Å². The van der Waals surface area contributed by atoms with Crippen LogP contribution in [0.25, 0.3) is 10.4 Å². The van der Waals surface area contributed by atoms with E-state index in [2.05, 4.69) is 19.7 Å². The molecular weight excluding hydrogens is 300 g/mol. The molecule has 0 aliphatic heterocycles. The van der Waals surface area contributed by atoms with Gasteiger partial charge in [-0.05, 0) is 46.3 Å². The molecule has 2 rings (SSSR count). The fraction of sp³-hybridized carbons (Fsp3) is 0. The summed E-state index contributed by atoms with van der Waals surface area (Å²) in [5.74, 6) is -3.26. The summed E-state index contributed by atoms with van der Waals surface area (Å²) >= 11 is 0.958. The van der Waals surface area contributed by atoms with E-state index in [4.69, 9.17) is 10.6 Å². The van der Waals surface area contributed by atoms with Crippen LogP contribution in [0.2, 0.25) is 0 Å². The molecule has 0 aliphatic rings. The molecule has 0 bridgehead atoms. The molecule has 0 heterocycles. The van der Waals surface area contributed by atoms with E-state index < -0.39 is 17.4 Å². The molecule has 0 radical (unpaired) electrons. The summed E-state index contributed by atoms with van der Waals surface area (Å²) in [7, 11) is 0. The van der Waals surface area contributed by atoms with E-state index in [1.54, 1.807) is 24.3 Å². The van der Waals surface area contributed by atoms with Crippen LogP contribution in [0.5, 0.6) is 5.75 Å². The highest BCUT2D eigenvalue weighted by Gasteiger charge is 2.09. The Kier molecular flexibility index (Phi) is 4.70. The van der Waals surface area contributed by atoms with E-state index in [0.717, 1.165) is 24.1 Å². The Morgan fingerprint density at radius 3 is 2.14 bits per heavy atom. The molecule has 6 nitrogen and oxygen atoms in total. The number of halogens is 2. The van der Waals surface area contributed by atoms with Gasteiger partial charge in [0, 0.05) is 21.9 Å². The summed E-state index contributed by atoms with van der Waals surface area (Å²) in [6, 6.07) is 8.26. The Morgan fingerprint density at radius 2 is 1.57 bits per heavy atom. The van der Waals surface area contributed by atoms with Gasteiger partial charge in [-0.15, -0.1) is 0 Å². The largest absolute Gasteiger partial charge is 0.503 e. The van der Waals surface area contributed by atoms with E-state index in [0.29, 0.717) is 10.6 Å². The third-order valence-corrected chi connectivity index (χ3v) is 2.94. The van der Waals surface area contributed by atoms with Gasteiger partial charge < -0.3 is 5.11 Å². The first-order valence-corrected chi connectivity index (χ1v) is 6.28. The highest BCUT2D eigenvalue weighted by Crippen LogP contribution is 2.28. The molecule has 0 fully saturated rings. The van der Waals surface area contributed by atoms with E-state index in [1.165, 1.54) is 0 Å². The average Bonchev–Trinajstić information content (AvgIpc) is 2.49. The van der Waals surface area contributed by atoms with Gasteiger partial charge in [0.1, 0.15) is 0 Å². The lowest BCUT2D eigenvalue weighted by molar-refractivity contribution is 0.396. The Morgan fingerprint density at radius 1 is 1.00 bits per heavy atom. The van der Waals surface area contributed by atoms with Gasteiger partial charge in [0.2, 0.25) is 0 Å². The number of azide groups is 1. The maximum Gasteiger partial charge on any atom is 0.187 e. The molecule has 0 aromatic heterocycles. The Bertz CT molecular complexity index is 706. The molecule has 2 aromatic rings. The molecule has 0 saturated heterocycles. The van der Waals surface area contributed by atoms with Crippen molar-refractivity contribution in [3.8, 4) is 5.75 Å². The van der Waals surface area contributed by atoms with Gasteiger partial charge in [-0.2, -0.15) is 10.2 Å². The van der Waals surface area contributed by atoms with Crippen molar-refractivity contribution in [1.29, 1.82) is 0 Å². The molecule has 1 N–H and O–H groups in total. The van der Waals surface area contributed by atoms with Crippen molar-refractivity contribution in [2.75, 3.05) is 0 Å². The first-order valence-electron chi connectivity index (χ1n) is 5.51. The number of phenolic OH excluding ortho intramolecular Hbond substituents is 1. The average molecular weight is 307 g/mol. The number of nitrogens with zero attached hydrogens (tertiary/aromatic N) is 5. The summed E-state index contributed by atoms with van der Waals surface area (Å²) in [5, 5.41) is 16.4. The van der Waals surface area contributed by atoms with Crippen LogP contribution in [0, 0.1) is 11.6 Å². The van der Waals surface area contributed by atoms with Crippen molar-refractivity contribution < 1.29 is 13.9 Å². The van der Waals surface area contributed by atoms with Crippen molar-refractivity contribution in [3.05, 3.63) is 58.5 Å². The first kappa shape index (κ1) is 14.8. The van der Waals surface area contributed by atoms with Crippen molar-refractivity contribution in [2.24, 2.45) is 14.7 Å². The number of phenols is 1. The van der Waals surface area contributed by atoms with Gasteiger partial charge in [0.25, 0.3) is 0 Å². The predicted molar refractivity (Wildman–Crippen MR) is 73.6 cm³/mol. The molecule has 2 aromatic carbocycles. The lowest BCUT2D eigenvalue weighted by Crippen LogP contribution is -1.81. The lowest BCUT2D eigenvalue weighted by Gasteiger charge is -1.99. The highest BCUT2D eigenvalue weighted by atomic mass is 32.2. The van der Waals surface area contributed by atoms with Gasteiger partial charge >= 0.3 is 0 Å². The zero-order valence-electron chi connectivity index (χ0n) is 10.3. The van der Waals surface area contributed by atoms with E-state index in [9.17, 15) is 8.78 Å². The topological polar surface area (TPSA) is 93.7 Å². The predicted octanol–water partition coefficient (Wildman–Crippen LogP) is 5.40. The fourth-order valence-electron chi connectivity index (χ4n) is 1.36. The Balaban J connectivity index is 2.15. The molecular formula is C12H7F2N5OS. The van der Waals surface area contributed by atoms with E-state index >= 15 is 0 Å². The Labute approximate surface area is 121 Å². The SMILES string of the molecule is [N-]=[N+]=NSc1ccc(N=Nc2cc(F)c(O)c(F)c2)cc1. The van der Waals surface area contributed by atoms with E-state index in [1.807, 2.05) is 0 Å². The third-order valence-electron chi connectivity index (χ3n) is 2.30. The zero-order valence-corrected chi connectivity index (χ0v) is 11.1. The normalized spacial score (nSPS) is 10.6. The smallest absolute Gasteiger partial charge is 0.187 e. The maximum atomic E-state index is 13.1. The maximum absolute atomic E-state index is 13.1. The van der Waals surface area contributed by atoms with Crippen molar-refractivity contribution in [1.82, 2.24) is 0 Å². The molecule has 0 aliphatic carbocycles. The summed E-state index contributed by atoms with van der Waals surface area (Å²) in [4.78, 5) is 3.32. The monoisotopic (exact) mass is 307 g/mol. The van der Waals surface area contributed by atoms with Crippen LogP contribution >= 0.6 is 11.9 Å². The van der Waals surface area contributed by atoms with Gasteiger partial charge in [0.15, 0.2) is 17.4 Å². The van der Waals surface area contributed by atoms with Crippen molar-refractivity contribution in [3.63, 3.8) is 0 Å². The second kappa shape index (κ2) is 6.69. The standard InChI is InChI=1S/C12H7F2N5OS/c13-10-5-8(6-11(14)12(10)20)17-16-7-1-3-9(4-2-7)21-19-18-15/h1-6,20H. The Hall–Kier alpha value is -2.64. The quantitative estimate of drug-likeness (QED) is 0.354. The minimum absolute atomic E-state index is 0.0599. The molecule has 0 atom stereocenters. The molecule has 9 heteroatoms. The number of hydrogen-bond acceptors (Lipinski definition) is 5. The fourth-order valence-corrected chi connectivity index (χ4v) is 1.75. The number of hydrogen-bond donors (Lipinski definition) is 1. The molecule has 0 saturated carbocycles. The van der Waals surface area contributed by atoms with Gasteiger partial charge in [-0.3, -0.25) is 0 Å². The number of azo groups is 1. The number of aromatic hydroxyl groups is 1. The highest BCUT2D eigenvalue weighted by molar-refractivity contribution is 7.98. The second-order valence-corrected chi connectivity index (χ2v) is 4.53. The first-order chi connectivity index (χ1) is 10.1. The van der Waals surface area contributed by atoms with Crippen LogP contribution in [0.1, 0.15) is 0 Å². The zero-order chi connectivity index (χ0) is 15.2. The molecule has 0 unspecified atom stereocenters. The summed E-state index contributed by atoms with van der Waals surface area (Å²) in [6.07, 6.45) is 0. The molecule has 0 amide bonds. The summed E-state index contributed by atoms with van der Waals surface area (Å²) in [6.45, 7) is 0. The van der Waals surface area contributed by atoms with Crippen molar-refractivity contribution in [2.45, 2.75) is 4.90 Å². The summed E-state index contributed by atoms with van der Waals surface area (Å²) in [5.41, 5.74) is 8.57. The van der Waals surface area contributed by atoms with Crippen molar-refractivity contribution >= 4 is 23.3 Å². The lowest BCUT2D eigenvalue weighted by atomic mass is 10.3. The van der Waals surface area contributed by atoms with Crippen LogP contribution in [-0.4, -0.2) is 5.11 Å². The molecule has 21 heavy (non-hydrogen) atoms. The minimum Gasteiger partial charge on any atom is -0.503 e. The third kappa shape index (κ3) is 3.91. The number of rotatable bonds is 4. The van der Waals surface area contributed by atoms with Crippen LogP contribution in [0.4, 0.5) is 20.2 Å². The van der Waals surface area contributed by atoms with Gasteiger partial charge in [-0.25, -0.2) is 8.78 Å². The van der Waals surface area contributed by atoms with Gasteiger partial charge in [0.05, 0.1) is 11.4 Å². The van der Waals surface area contributed by atoms with Gasteiger partial charge in [-0.1, -0.05) is 0 Å². The van der Waals surface area contributed by atoms with Crippen LogP contribution in [0.3, 0.4) is 0 Å². The van der Waals surface area contributed by atoms with E-state index in [-0.39, 0.29) is 5.69 Å². The van der Waals surface area contributed by atoms with Crippen LogP contribution in [0.15, 0.2) is 56.0 Å². The minimum atomic E-state index is -1.11. The van der Waals surface area contributed by atoms with Crippen LogP contribution < -0.4 is 0 Å². The molecule has 0 spiro atoms.